The van der Waals surface area contributed by atoms with Crippen LogP contribution in [0, 0.1) is 5.92 Å². The Kier molecular flexibility index (Phi) is 2.78. The molecule has 1 saturated heterocycles. The first kappa shape index (κ1) is 11.3. The number of ether oxygens (including phenoxy) is 1. The Morgan fingerprint density at radius 1 is 1.33 bits per heavy atom. The minimum atomic E-state index is -0.293. The van der Waals surface area contributed by atoms with Gasteiger partial charge in [0.05, 0.1) is 0 Å². The Balaban J connectivity index is 1.56. The van der Waals surface area contributed by atoms with Gasteiger partial charge in [-0.05, 0) is 12.0 Å². The quantitative estimate of drug-likeness (QED) is 0.800. The zero-order valence-corrected chi connectivity index (χ0v) is 10.0. The molecule has 1 aromatic carbocycles. The number of piperidine rings is 1. The minimum absolute atomic E-state index is 0.0549. The number of fused-ring (bicyclic) bond motifs is 2. The van der Waals surface area contributed by atoms with E-state index in [1.54, 1.807) is 4.90 Å². The number of carbonyl (C=O) groups is 2. The molecule has 0 N–H and O–H groups in total. The molecule has 1 heterocycles. The summed E-state index contributed by atoms with van der Waals surface area (Å²) in [6, 6.07) is 9.68. The van der Waals surface area contributed by atoms with Gasteiger partial charge in [0.25, 0.3) is 0 Å². The first-order valence-corrected chi connectivity index (χ1v) is 6.24. The molecule has 2 bridgehead atoms. The molecular weight excluding hydrogens is 230 g/mol. The second-order valence-electron chi connectivity index (χ2n) is 4.95. The van der Waals surface area contributed by atoms with Crippen LogP contribution in [0.2, 0.25) is 0 Å². The van der Waals surface area contributed by atoms with Crippen LogP contribution in [0.5, 0.6) is 0 Å². The van der Waals surface area contributed by atoms with Gasteiger partial charge in [-0.3, -0.25) is 4.79 Å². The van der Waals surface area contributed by atoms with Crippen molar-refractivity contribution < 1.29 is 14.3 Å². The molecule has 94 valence electrons. The van der Waals surface area contributed by atoms with Crippen molar-refractivity contribution in [1.82, 2.24) is 4.90 Å². The highest BCUT2D eigenvalue weighted by Crippen LogP contribution is 2.35. The fourth-order valence-electron chi connectivity index (χ4n) is 2.77. The van der Waals surface area contributed by atoms with Crippen LogP contribution in [0.25, 0.3) is 0 Å². The zero-order chi connectivity index (χ0) is 12.5. The molecule has 0 aromatic heterocycles. The third-order valence-electron chi connectivity index (χ3n) is 3.75. The molecule has 1 aromatic rings. The molecule has 1 amide bonds. The highest BCUT2D eigenvalue weighted by Gasteiger charge is 2.46. The smallest absolute Gasteiger partial charge is 0.410 e. The molecule has 4 nitrogen and oxygen atoms in total. The Labute approximate surface area is 106 Å². The van der Waals surface area contributed by atoms with Crippen molar-refractivity contribution in [2.75, 3.05) is 6.54 Å². The molecule has 2 fully saturated rings. The molecule has 2 aliphatic rings. The van der Waals surface area contributed by atoms with Gasteiger partial charge in [0.15, 0.2) is 0 Å². The van der Waals surface area contributed by atoms with E-state index in [9.17, 15) is 9.59 Å². The lowest BCUT2D eigenvalue weighted by molar-refractivity contribution is -0.122. The van der Waals surface area contributed by atoms with E-state index in [1.807, 2.05) is 30.3 Å². The maximum absolute atomic E-state index is 11.9. The van der Waals surface area contributed by atoms with Crippen LogP contribution in [0.15, 0.2) is 30.3 Å². The average Bonchev–Trinajstić information content (AvgIpc) is 2.96. The SMILES string of the molecule is O=C1CC2C[C@@H]1CN2C(=O)OCc1ccccc1. The summed E-state index contributed by atoms with van der Waals surface area (Å²) >= 11 is 0. The third-order valence-corrected chi connectivity index (χ3v) is 3.75. The number of carbonyl (C=O) groups excluding carboxylic acids is 2. The summed E-state index contributed by atoms with van der Waals surface area (Å²) < 4.78 is 5.28. The van der Waals surface area contributed by atoms with Crippen molar-refractivity contribution in [2.45, 2.75) is 25.5 Å². The minimum Gasteiger partial charge on any atom is -0.445 e. The maximum Gasteiger partial charge on any atom is 0.410 e. The van der Waals surface area contributed by atoms with Crippen molar-refractivity contribution >= 4 is 11.9 Å². The second kappa shape index (κ2) is 4.44. The van der Waals surface area contributed by atoms with Crippen molar-refractivity contribution in [3.05, 3.63) is 35.9 Å². The number of Topliss-reactive ketones (excluding diaryl/α,β-unsaturated/α-hetero) is 1. The summed E-state index contributed by atoms with van der Waals surface area (Å²) in [6.07, 6.45) is 1.03. The van der Waals surface area contributed by atoms with Crippen LogP contribution >= 0.6 is 0 Å². The van der Waals surface area contributed by atoms with E-state index in [0.717, 1.165) is 12.0 Å². The van der Waals surface area contributed by atoms with Crippen LogP contribution in [0.1, 0.15) is 18.4 Å². The Morgan fingerprint density at radius 3 is 2.72 bits per heavy atom. The third kappa shape index (κ3) is 1.98. The molecule has 0 spiro atoms. The summed E-state index contributed by atoms with van der Waals surface area (Å²) in [5.74, 6) is 0.353. The molecule has 1 aliphatic heterocycles. The highest BCUT2D eigenvalue weighted by molar-refractivity contribution is 5.87. The number of ketones is 1. The van der Waals surface area contributed by atoms with E-state index in [4.69, 9.17) is 4.74 Å². The molecule has 3 rings (SSSR count). The summed E-state index contributed by atoms with van der Waals surface area (Å²) in [5, 5.41) is 0. The van der Waals surface area contributed by atoms with Crippen LogP contribution in [0.4, 0.5) is 4.79 Å². The van der Waals surface area contributed by atoms with Crippen molar-refractivity contribution in [3.63, 3.8) is 0 Å². The van der Waals surface area contributed by atoms with Gasteiger partial charge in [-0.15, -0.1) is 0 Å². The lowest BCUT2D eigenvalue weighted by atomic mass is 10.1. The lowest BCUT2D eigenvalue weighted by Gasteiger charge is -2.25. The molecule has 1 saturated carbocycles. The van der Waals surface area contributed by atoms with E-state index in [0.29, 0.717) is 25.4 Å². The number of likely N-dealkylation sites (tertiary alicyclic amines) is 1. The fraction of sp³-hybridized carbons (Fsp3) is 0.429. The monoisotopic (exact) mass is 245 g/mol. The summed E-state index contributed by atoms with van der Waals surface area (Å²) in [7, 11) is 0. The van der Waals surface area contributed by atoms with Crippen molar-refractivity contribution in [1.29, 1.82) is 0 Å². The first-order valence-electron chi connectivity index (χ1n) is 6.24. The molecule has 2 atom stereocenters. The molecule has 4 heteroatoms. The number of amides is 1. The van der Waals surface area contributed by atoms with Crippen molar-refractivity contribution in [2.24, 2.45) is 5.92 Å². The summed E-state index contributed by atoms with van der Waals surface area (Å²) in [4.78, 5) is 25.0. The van der Waals surface area contributed by atoms with Gasteiger partial charge in [0.2, 0.25) is 0 Å². The topological polar surface area (TPSA) is 46.6 Å². The van der Waals surface area contributed by atoms with Crippen LogP contribution in [0.3, 0.4) is 0 Å². The van der Waals surface area contributed by atoms with Gasteiger partial charge in [-0.1, -0.05) is 30.3 Å². The van der Waals surface area contributed by atoms with Crippen molar-refractivity contribution in [3.8, 4) is 0 Å². The van der Waals surface area contributed by atoms with E-state index in [1.165, 1.54) is 0 Å². The van der Waals surface area contributed by atoms with Gasteiger partial charge in [0.1, 0.15) is 12.4 Å². The Hall–Kier alpha value is -1.84. The predicted molar refractivity (Wildman–Crippen MR) is 64.9 cm³/mol. The number of benzene rings is 1. The fourth-order valence-corrected chi connectivity index (χ4v) is 2.77. The first-order chi connectivity index (χ1) is 8.74. The number of nitrogens with zero attached hydrogens (tertiary/aromatic N) is 1. The van der Waals surface area contributed by atoms with Crippen LogP contribution < -0.4 is 0 Å². The van der Waals surface area contributed by atoms with Gasteiger partial charge < -0.3 is 9.64 Å². The average molecular weight is 245 g/mol. The molecule has 0 radical (unpaired) electrons. The van der Waals surface area contributed by atoms with Crippen LogP contribution in [-0.4, -0.2) is 29.4 Å². The van der Waals surface area contributed by atoms with Gasteiger partial charge >= 0.3 is 6.09 Å². The highest BCUT2D eigenvalue weighted by atomic mass is 16.6. The summed E-state index contributed by atoms with van der Waals surface area (Å²) in [5.41, 5.74) is 0.978. The standard InChI is InChI=1S/C14H15NO3/c16-13-7-12-6-11(13)8-15(12)14(17)18-9-10-4-2-1-3-5-10/h1-5,11-12H,6-9H2/t11-,12?/m1/s1. The molecule has 1 aliphatic carbocycles. The molecule has 1 unspecified atom stereocenters. The van der Waals surface area contributed by atoms with E-state index in [-0.39, 0.29) is 18.1 Å². The Bertz CT molecular complexity index is 471. The number of hydrogen-bond acceptors (Lipinski definition) is 3. The lowest BCUT2D eigenvalue weighted by Crippen LogP contribution is -2.40. The van der Waals surface area contributed by atoms with Gasteiger partial charge in [-0.2, -0.15) is 0 Å². The van der Waals surface area contributed by atoms with Gasteiger partial charge in [-0.25, -0.2) is 4.79 Å². The summed E-state index contributed by atoms with van der Waals surface area (Å²) in [6.45, 7) is 0.832. The molecular formula is C14H15NO3. The normalized spacial score (nSPS) is 25.6. The largest absolute Gasteiger partial charge is 0.445 e. The second-order valence-corrected chi connectivity index (χ2v) is 4.95. The maximum atomic E-state index is 11.9. The molecule has 18 heavy (non-hydrogen) atoms. The van der Waals surface area contributed by atoms with Gasteiger partial charge in [0, 0.05) is 24.9 Å². The van der Waals surface area contributed by atoms with E-state index in [2.05, 4.69) is 0 Å². The number of hydrogen-bond donors (Lipinski definition) is 0. The number of rotatable bonds is 2. The van der Waals surface area contributed by atoms with E-state index < -0.39 is 0 Å². The predicted octanol–water partition coefficient (Wildman–Crippen LogP) is 1.99. The Morgan fingerprint density at radius 2 is 2.11 bits per heavy atom. The van der Waals surface area contributed by atoms with E-state index >= 15 is 0 Å². The van der Waals surface area contributed by atoms with Crippen LogP contribution in [-0.2, 0) is 16.1 Å². The zero-order valence-electron chi connectivity index (χ0n) is 10.0.